The van der Waals surface area contributed by atoms with Crippen LogP contribution in [0.5, 0.6) is 0 Å². The van der Waals surface area contributed by atoms with E-state index in [1.807, 2.05) is 68.4 Å². The topological polar surface area (TPSA) is 84.2 Å². The van der Waals surface area contributed by atoms with Gasteiger partial charge in [-0.3, -0.25) is 9.59 Å². The maximum atomic E-state index is 12.2. The van der Waals surface area contributed by atoms with Gasteiger partial charge in [-0.15, -0.1) is 0 Å². The maximum Gasteiger partial charge on any atom is 0.241 e. The lowest BCUT2D eigenvalue weighted by Crippen LogP contribution is -2.33. The van der Waals surface area contributed by atoms with Gasteiger partial charge >= 0.3 is 0 Å². The molecule has 0 radical (unpaired) electrons. The molecule has 0 saturated carbocycles. The second-order valence-electron chi connectivity index (χ2n) is 6.45. The standard InChI is InChI=1S/C20H25N3O2/c1-14(2)11-18(24)23-17-10-6-7-15(12-17)13-22-20(25)19(21)16-8-4-3-5-9-16/h3-10,12,14,19H,11,13,21H2,1-2H3,(H,22,25)(H,23,24). The van der Waals surface area contributed by atoms with Crippen LogP contribution in [-0.4, -0.2) is 11.8 Å². The Morgan fingerprint density at radius 1 is 1.04 bits per heavy atom. The predicted octanol–water partition coefficient (Wildman–Crippen LogP) is 2.99. The summed E-state index contributed by atoms with van der Waals surface area (Å²) in [6.45, 7) is 4.36. The van der Waals surface area contributed by atoms with Crippen molar-refractivity contribution in [1.82, 2.24) is 5.32 Å². The number of nitrogens with two attached hydrogens (primary N) is 1. The molecule has 1 atom stereocenters. The number of benzene rings is 2. The SMILES string of the molecule is CC(C)CC(=O)Nc1cccc(CNC(=O)C(N)c2ccccc2)c1. The van der Waals surface area contributed by atoms with E-state index in [0.29, 0.717) is 18.9 Å². The minimum atomic E-state index is -0.699. The lowest BCUT2D eigenvalue weighted by Gasteiger charge is -2.13. The summed E-state index contributed by atoms with van der Waals surface area (Å²) in [5.41, 5.74) is 8.37. The van der Waals surface area contributed by atoms with E-state index in [1.54, 1.807) is 0 Å². The Morgan fingerprint density at radius 3 is 2.44 bits per heavy atom. The lowest BCUT2D eigenvalue weighted by molar-refractivity contribution is -0.122. The van der Waals surface area contributed by atoms with E-state index >= 15 is 0 Å². The van der Waals surface area contributed by atoms with Crippen molar-refractivity contribution < 1.29 is 9.59 Å². The highest BCUT2D eigenvalue weighted by Crippen LogP contribution is 2.13. The summed E-state index contributed by atoms with van der Waals surface area (Å²) in [5, 5.41) is 5.71. The number of carbonyl (C=O) groups excluding carboxylic acids is 2. The first-order valence-electron chi connectivity index (χ1n) is 8.42. The van der Waals surface area contributed by atoms with Gasteiger partial charge < -0.3 is 16.4 Å². The van der Waals surface area contributed by atoms with Crippen molar-refractivity contribution in [3.05, 3.63) is 65.7 Å². The van der Waals surface area contributed by atoms with Crippen LogP contribution in [0.15, 0.2) is 54.6 Å². The first-order valence-corrected chi connectivity index (χ1v) is 8.42. The Balaban J connectivity index is 1.91. The fourth-order valence-corrected chi connectivity index (χ4v) is 2.45. The van der Waals surface area contributed by atoms with E-state index in [0.717, 1.165) is 16.8 Å². The molecule has 2 rings (SSSR count). The van der Waals surface area contributed by atoms with Crippen LogP contribution in [0.1, 0.15) is 37.4 Å². The monoisotopic (exact) mass is 339 g/mol. The molecule has 0 aliphatic carbocycles. The summed E-state index contributed by atoms with van der Waals surface area (Å²) in [5.74, 6) is 0.0599. The number of nitrogens with one attached hydrogen (secondary N) is 2. The van der Waals surface area contributed by atoms with Crippen molar-refractivity contribution >= 4 is 17.5 Å². The molecule has 132 valence electrons. The fourth-order valence-electron chi connectivity index (χ4n) is 2.45. The molecule has 4 N–H and O–H groups in total. The number of carbonyl (C=O) groups is 2. The van der Waals surface area contributed by atoms with Crippen LogP contribution in [0.4, 0.5) is 5.69 Å². The predicted molar refractivity (Wildman–Crippen MR) is 99.7 cm³/mol. The summed E-state index contributed by atoms with van der Waals surface area (Å²) in [6, 6.07) is 16.0. The molecule has 0 fully saturated rings. The van der Waals surface area contributed by atoms with Crippen molar-refractivity contribution in [2.24, 2.45) is 11.7 Å². The Morgan fingerprint density at radius 2 is 1.76 bits per heavy atom. The molecule has 0 bridgehead atoms. The van der Waals surface area contributed by atoms with E-state index in [4.69, 9.17) is 5.73 Å². The lowest BCUT2D eigenvalue weighted by atomic mass is 10.1. The van der Waals surface area contributed by atoms with Gasteiger partial charge in [0.05, 0.1) is 0 Å². The van der Waals surface area contributed by atoms with Crippen LogP contribution in [-0.2, 0) is 16.1 Å². The van der Waals surface area contributed by atoms with Gasteiger partial charge in [0, 0.05) is 18.7 Å². The number of amides is 2. The largest absolute Gasteiger partial charge is 0.350 e. The second-order valence-corrected chi connectivity index (χ2v) is 6.45. The molecular formula is C20H25N3O2. The van der Waals surface area contributed by atoms with Crippen LogP contribution in [0, 0.1) is 5.92 Å². The van der Waals surface area contributed by atoms with Gasteiger partial charge in [-0.1, -0.05) is 56.3 Å². The van der Waals surface area contributed by atoms with E-state index in [9.17, 15) is 9.59 Å². The molecule has 0 saturated heterocycles. The van der Waals surface area contributed by atoms with Crippen molar-refractivity contribution in [3.8, 4) is 0 Å². The van der Waals surface area contributed by atoms with Crippen molar-refractivity contribution in [2.75, 3.05) is 5.32 Å². The van der Waals surface area contributed by atoms with Gasteiger partial charge in [0.1, 0.15) is 6.04 Å². The third-order valence-corrected chi connectivity index (χ3v) is 3.71. The van der Waals surface area contributed by atoms with E-state index in [2.05, 4.69) is 10.6 Å². The summed E-state index contributed by atoms with van der Waals surface area (Å²) in [6.07, 6.45) is 0.479. The molecular weight excluding hydrogens is 314 g/mol. The molecule has 0 spiro atoms. The Labute approximate surface area is 148 Å². The van der Waals surface area contributed by atoms with Crippen LogP contribution in [0.3, 0.4) is 0 Å². The van der Waals surface area contributed by atoms with E-state index in [-0.39, 0.29) is 11.8 Å². The van der Waals surface area contributed by atoms with Crippen LogP contribution in [0.2, 0.25) is 0 Å². The first-order chi connectivity index (χ1) is 12.0. The third-order valence-electron chi connectivity index (χ3n) is 3.71. The van der Waals surface area contributed by atoms with Crippen molar-refractivity contribution in [2.45, 2.75) is 32.9 Å². The zero-order valence-corrected chi connectivity index (χ0v) is 14.7. The highest BCUT2D eigenvalue weighted by atomic mass is 16.2. The molecule has 2 aromatic carbocycles. The zero-order chi connectivity index (χ0) is 18.2. The van der Waals surface area contributed by atoms with E-state index in [1.165, 1.54) is 0 Å². The van der Waals surface area contributed by atoms with Gasteiger partial charge in [0.25, 0.3) is 0 Å². The minimum Gasteiger partial charge on any atom is -0.350 e. The molecule has 2 aromatic rings. The summed E-state index contributed by atoms with van der Waals surface area (Å²) in [7, 11) is 0. The molecule has 0 aliphatic heterocycles. The molecule has 5 heteroatoms. The number of anilines is 1. The second kappa shape index (κ2) is 8.99. The number of hydrogen-bond donors (Lipinski definition) is 3. The number of hydrogen-bond acceptors (Lipinski definition) is 3. The van der Waals surface area contributed by atoms with Crippen molar-refractivity contribution in [1.29, 1.82) is 0 Å². The van der Waals surface area contributed by atoms with Gasteiger partial charge in [0.15, 0.2) is 0 Å². The van der Waals surface area contributed by atoms with Gasteiger partial charge in [0.2, 0.25) is 11.8 Å². The molecule has 2 amide bonds. The minimum absolute atomic E-state index is 0.0118. The summed E-state index contributed by atoms with van der Waals surface area (Å²) in [4.78, 5) is 24.0. The molecule has 0 aliphatic rings. The Hall–Kier alpha value is -2.66. The highest BCUT2D eigenvalue weighted by Gasteiger charge is 2.14. The number of rotatable bonds is 7. The quantitative estimate of drug-likeness (QED) is 0.725. The van der Waals surface area contributed by atoms with Crippen LogP contribution in [0.25, 0.3) is 0 Å². The van der Waals surface area contributed by atoms with Crippen LogP contribution < -0.4 is 16.4 Å². The third kappa shape index (κ3) is 6.04. The van der Waals surface area contributed by atoms with Crippen LogP contribution >= 0.6 is 0 Å². The first kappa shape index (κ1) is 18.7. The average molecular weight is 339 g/mol. The Kier molecular flexibility index (Phi) is 6.71. The molecule has 0 aromatic heterocycles. The maximum absolute atomic E-state index is 12.2. The van der Waals surface area contributed by atoms with Gasteiger partial charge in [-0.05, 0) is 29.2 Å². The van der Waals surface area contributed by atoms with Gasteiger partial charge in [-0.25, -0.2) is 0 Å². The molecule has 1 unspecified atom stereocenters. The molecule has 0 heterocycles. The molecule has 5 nitrogen and oxygen atoms in total. The summed E-state index contributed by atoms with van der Waals surface area (Å²) >= 11 is 0. The van der Waals surface area contributed by atoms with Crippen molar-refractivity contribution in [3.63, 3.8) is 0 Å². The normalized spacial score (nSPS) is 11.8. The molecule has 25 heavy (non-hydrogen) atoms. The smallest absolute Gasteiger partial charge is 0.241 e. The van der Waals surface area contributed by atoms with E-state index < -0.39 is 6.04 Å². The summed E-state index contributed by atoms with van der Waals surface area (Å²) < 4.78 is 0. The fraction of sp³-hybridized carbons (Fsp3) is 0.300. The highest BCUT2D eigenvalue weighted by molar-refractivity contribution is 5.90. The average Bonchev–Trinajstić information content (AvgIpc) is 2.59. The van der Waals surface area contributed by atoms with Gasteiger partial charge in [-0.2, -0.15) is 0 Å². The Bertz CT molecular complexity index is 714. The zero-order valence-electron chi connectivity index (χ0n) is 14.7.